The van der Waals surface area contributed by atoms with E-state index in [1.54, 1.807) is 7.05 Å². The Hall–Kier alpha value is -2.60. The van der Waals surface area contributed by atoms with Crippen LogP contribution >= 0.6 is 0 Å². The molecular formula is C23H33N5O. The molecule has 6 nitrogen and oxygen atoms in total. The van der Waals surface area contributed by atoms with E-state index in [1.165, 1.54) is 31.2 Å². The van der Waals surface area contributed by atoms with Gasteiger partial charge in [-0.25, -0.2) is 4.98 Å². The van der Waals surface area contributed by atoms with E-state index in [0.29, 0.717) is 13.1 Å². The summed E-state index contributed by atoms with van der Waals surface area (Å²) in [4.78, 5) is 11.3. The summed E-state index contributed by atoms with van der Waals surface area (Å²) in [6, 6.07) is 14.3. The van der Waals surface area contributed by atoms with Gasteiger partial charge in [0.25, 0.3) is 0 Å². The fourth-order valence-corrected chi connectivity index (χ4v) is 3.68. The van der Waals surface area contributed by atoms with E-state index >= 15 is 0 Å². The third-order valence-corrected chi connectivity index (χ3v) is 5.43. The van der Waals surface area contributed by atoms with Gasteiger partial charge >= 0.3 is 0 Å². The molecule has 1 unspecified atom stereocenters. The molecular weight excluding hydrogens is 362 g/mol. The number of hydrogen-bond donors (Lipinski definition) is 3. The lowest BCUT2D eigenvalue weighted by molar-refractivity contribution is 0.265. The van der Waals surface area contributed by atoms with Crippen LogP contribution in [-0.2, 0) is 6.54 Å². The smallest absolute Gasteiger partial charge is 0.191 e. The quantitative estimate of drug-likeness (QED) is 0.497. The van der Waals surface area contributed by atoms with Crippen LogP contribution in [0.1, 0.15) is 42.7 Å². The normalized spacial score (nSPS) is 16.2. The Balaban J connectivity index is 1.53. The standard InChI is InChI=1S/C23H33N5O/c1-24-23(27-17-21(18-29)20-9-5-4-6-10-20)26-16-19-11-12-25-22(15-19)28-13-7-2-3-8-14-28/h4-6,9-12,15,21,29H,2-3,7-8,13-14,16-18H2,1H3,(H2,24,26,27). The van der Waals surface area contributed by atoms with Gasteiger partial charge in [-0.15, -0.1) is 0 Å². The van der Waals surface area contributed by atoms with Crippen LogP contribution < -0.4 is 15.5 Å². The lowest BCUT2D eigenvalue weighted by atomic mass is 10.0. The first kappa shape index (κ1) is 21.1. The minimum Gasteiger partial charge on any atom is -0.396 e. The third-order valence-electron chi connectivity index (χ3n) is 5.43. The first-order valence-electron chi connectivity index (χ1n) is 10.6. The predicted octanol–water partition coefficient (Wildman–Crippen LogP) is 2.90. The molecule has 0 saturated carbocycles. The number of hydrogen-bond acceptors (Lipinski definition) is 4. The summed E-state index contributed by atoms with van der Waals surface area (Å²) < 4.78 is 0. The van der Waals surface area contributed by atoms with Gasteiger partial charge in [0.2, 0.25) is 0 Å². The van der Waals surface area contributed by atoms with Crippen molar-refractivity contribution in [2.24, 2.45) is 4.99 Å². The van der Waals surface area contributed by atoms with E-state index in [-0.39, 0.29) is 12.5 Å². The predicted molar refractivity (Wildman–Crippen MR) is 119 cm³/mol. The minimum absolute atomic E-state index is 0.0327. The molecule has 0 spiro atoms. The van der Waals surface area contributed by atoms with Gasteiger partial charge in [0.15, 0.2) is 5.96 Å². The van der Waals surface area contributed by atoms with E-state index < -0.39 is 0 Å². The molecule has 1 aromatic heterocycles. The highest BCUT2D eigenvalue weighted by Gasteiger charge is 2.13. The number of guanidine groups is 1. The van der Waals surface area contributed by atoms with Gasteiger partial charge in [-0.2, -0.15) is 0 Å². The van der Waals surface area contributed by atoms with Crippen molar-refractivity contribution in [3.63, 3.8) is 0 Å². The molecule has 1 aliphatic heterocycles. The number of pyridine rings is 1. The molecule has 0 aliphatic carbocycles. The van der Waals surface area contributed by atoms with Crippen LogP contribution in [0.3, 0.4) is 0 Å². The second-order valence-corrected chi connectivity index (χ2v) is 7.52. The molecule has 1 atom stereocenters. The summed E-state index contributed by atoms with van der Waals surface area (Å²) in [7, 11) is 1.76. The first-order chi connectivity index (χ1) is 14.3. The van der Waals surface area contributed by atoms with Crippen molar-refractivity contribution >= 4 is 11.8 Å². The fourth-order valence-electron chi connectivity index (χ4n) is 3.68. The maximum absolute atomic E-state index is 9.74. The van der Waals surface area contributed by atoms with Crippen LogP contribution in [-0.4, -0.2) is 49.3 Å². The highest BCUT2D eigenvalue weighted by molar-refractivity contribution is 5.79. The average molecular weight is 396 g/mol. The van der Waals surface area contributed by atoms with Gasteiger partial charge in [-0.05, 0) is 36.1 Å². The second kappa shape index (κ2) is 11.4. The van der Waals surface area contributed by atoms with Crippen LogP contribution in [0, 0.1) is 0 Å². The van der Waals surface area contributed by atoms with Crippen LogP contribution in [0.4, 0.5) is 5.82 Å². The molecule has 3 rings (SSSR count). The van der Waals surface area contributed by atoms with Crippen molar-refractivity contribution < 1.29 is 5.11 Å². The van der Waals surface area contributed by atoms with Gasteiger partial charge in [0.05, 0.1) is 6.61 Å². The maximum atomic E-state index is 9.74. The van der Waals surface area contributed by atoms with Gasteiger partial charge in [0.1, 0.15) is 5.82 Å². The summed E-state index contributed by atoms with van der Waals surface area (Å²) in [5.41, 5.74) is 2.30. The van der Waals surface area contributed by atoms with E-state index in [2.05, 4.69) is 31.6 Å². The Morgan fingerprint density at radius 2 is 1.86 bits per heavy atom. The summed E-state index contributed by atoms with van der Waals surface area (Å²) in [6.45, 7) is 3.58. The van der Waals surface area contributed by atoms with Gasteiger partial charge in [0, 0.05) is 45.3 Å². The Morgan fingerprint density at radius 3 is 2.55 bits per heavy atom. The van der Waals surface area contributed by atoms with Crippen LogP contribution in [0.25, 0.3) is 0 Å². The number of aliphatic hydroxyl groups excluding tert-OH is 1. The number of aliphatic imine (C=N–C) groups is 1. The molecule has 1 saturated heterocycles. The SMILES string of the molecule is CN=C(NCc1ccnc(N2CCCCCC2)c1)NCC(CO)c1ccccc1. The third kappa shape index (κ3) is 6.46. The fraction of sp³-hybridized carbons (Fsp3) is 0.478. The van der Waals surface area contributed by atoms with Gasteiger partial charge < -0.3 is 20.6 Å². The number of aromatic nitrogens is 1. The molecule has 3 N–H and O–H groups in total. The Morgan fingerprint density at radius 1 is 1.10 bits per heavy atom. The van der Waals surface area contributed by atoms with E-state index in [4.69, 9.17) is 0 Å². The van der Waals surface area contributed by atoms with Crippen molar-refractivity contribution in [3.8, 4) is 0 Å². The summed E-state index contributed by atoms with van der Waals surface area (Å²) in [5, 5.41) is 16.4. The number of anilines is 1. The van der Waals surface area contributed by atoms with Crippen LogP contribution in [0.5, 0.6) is 0 Å². The van der Waals surface area contributed by atoms with Crippen LogP contribution in [0.15, 0.2) is 53.7 Å². The molecule has 0 bridgehead atoms. The number of nitrogens with one attached hydrogen (secondary N) is 2. The first-order valence-corrected chi connectivity index (χ1v) is 10.6. The van der Waals surface area contributed by atoms with E-state index in [9.17, 15) is 5.11 Å². The highest BCUT2D eigenvalue weighted by Crippen LogP contribution is 2.18. The highest BCUT2D eigenvalue weighted by atomic mass is 16.3. The molecule has 1 aliphatic rings. The lowest BCUT2D eigenvalue weighted by Crippen LogP contribution is -2.39. The van der Waals surface area contributed by atoms with Gasteiger partial charge in [-0.1, -0.05) is 43.2 Å². The molecule has 0 amide bonds. The summed E-state index contributed by atoms with van der Waals surface area (Å²) >= 11 is 0. The lowest BCUT2D eigenvalue weighted by Gasteiger charge is -2.22. The number of benzene rings is 1. The maximum Gasteiger partial charge on any atom is 0.191 e. The topological polar surface area (TPSA) is 72.8 Å². The number of aliphatic hydroxyl groups is 1. The van der Waals surface area contributed by atoms with Crippen molar-refractivity contribution in [3.05, 3.63) is 59.8 Å². The van der Waals surface area contributed by atoms with Crippen molar-refractivity contribution in [1.29, 1.82) is 0 Å². The Labute approximate surface area is 174 Å². The summed E-state index contributed by atoms with van der Waals surface area (Å²) in [6.07, 6.45) is 7.02. The zero-order chi connectivity index (χ0) is 20.3. The molecule has 29 heavy (non-hydrogen) atoms. The molecule has 6 heteroatoms. The van der Waals surface area contributed by atoms with Crippen molar-refractivity contribution in [2.45, 2.75) is 38.1 Å². The molecule has 0 radical (unpaired) electrons. The van der Waals surface area contributed by atoms with Gasteiger partial charge in [-0.3, -0.25) is 4.99 Å². The molecule has 156 valence electrons. The second-order valence-electron chi connectivity index (χ2n) is 7.52. The zero-order valence-electron chi connectivity index (χ0n) is 17.3. The van der Waals surface area contributed by atoms with E-state index in [0.717, 1.165) is 30.4 Å². The van der Waals surface area contributed by atoms with Crippen molar-refractivity contribution in [1.82, 2.24) is 15.6 Å². The monoisotopic (exact) mass is 395 g/mol. The average Bonchev–Trinajstić information content (AvgIpc) is 3.07. The van der Waals surface area contributed by atoms with E-state index in [1.807, 2.05) is 42.6 Å². The largest absolute Gasteiger partial charge is 0.396 e. The van der Waals surface area contributed by atoms with Crippen LogP contribution in [0.2, 0.25) is 0 Å². The number of rotatable bonds is 7. The molecule has 2 heterocycles. The number of nitrogens with zero attached hydrogens (tertiary/aromatic N) is 3. The van der Waals surface area contributed by atoms with Crippen molar-refractivity contribution in [2.75, 3.05) is 38.2 Å². The Kier molecular flexibility index (Phi) is 8.31. The zero-order valence-corrected chi connectivity index (χ0v) is 17.3. The molecule has 1 aromatic carbocycles. The Bertz CT molecular complexity index is 757. The molecule has 1 fully saturated rings. The summed E-state index contributed by atoms with van der Waals surface area (Å²) in [5.74, 6) is 1.83. The minimum atomic E-state index is 0.0327. The molecule has 2 aromatic rings.